The summed E-state index contributed by atoms with van der Waals surface area (Å²) in [6, 6.07) is 14.0. The van der Waals surface area contributed by atoms with Crippen LogP contribution in [0, 0.1) is 11.3 Å². The van der Waals surface area contributed by atoms with E-state index >= 15 is 0 Å². The van der Waals surface area contributed by atoms with Gasteiger partial charge < -0.3 is 19.4 Å². The standard InChI is InChI=1S/C28H27N7O4/c1-16-26(36)35(20-5-3-4-17(12-20)14-29)23-15-30-27(31-18-6-11-22-24(13-18)39-28(37)32-22)33-25(23)34(16)19-7-9-21(38-2)10-8-19/h3-6,11-13,15-16,19,21H,7-10H2,1-2H3,(H,32,37)(H,30,31,33)/t16-,19?,21?/m1/s1. The van der Waals surface area contributed by atoms with E-state index < -0.39 is 11.8 Å². The predicted octanol–water partition coefficient (Wildman–Crippen LogP) is 4.36. The quantitative estimate of drug-likeness (QED) is 0.389. The zero-order valence-electron chi connectivity index (χ0n) is 21.5. The Morgan fingerprint density at radius 1 is 1.15 bits per heavy atom. The number of anilines is 5. The van der Waals surface area contributed by atoms with Crippen LogP contribution in [0.3, 0.4) is 0 Å². The fourth-order valence-electron chi connectivity index (χ4n) is 5.56. The minimum absolute atomic E-state index is 0.106. The molecule has 0 radical (unpaired) electrons. The Hall–Kier alpha value is -4.69. The number of hydrogen-bond acceptors (Lipinski definition) is 9. The van der Waals surface area contributed by atoms with Gasteiger partial charge in [0.1, 0.15) is 11.7 Å². The average molecular weight is 526 g/mol. The van der Waals surface area contributed by atoms with Crippen LogP contribution < -0.4 is 20.9 Å². The molecular weight excluding hydrogens is 498 g/mol. The number of carbonyl (C=O) groups excluding carboxylic acids is 1. The van der Waals surface area contributed by atoms with E-state index in [9.17, 15) is 14.9 Å². The van der Waals surface area contributed by atoms with Gasteiger partial charge >= 0.3 is 5.76 Å². The Balaban J connectivity index is 1.42. The lowest BCUT2D eigenvalue weighted by atomic mass is 9.90. The Morgan fingerprint density at radius 3 is 2.74 bits per heavy atom. The van der Waals surface area contributed by atoms with E-state index in [1.54, 1.807) is 60.7 Å². The molecule has 1 fully saturated rings. The maximum atomic E-state index is 13.8. The van der Waals surface area contributed by atoms with Gasteiger partial charge in [0.25, 0.3) is 5.91 Å². The van der Waals surface area contributed by atoms with E-state index in [-0.39, 0.29) is 18.1 Å². The summed E-state index contributed by atoms with van der Waals surface area (Å²) in [6.07, 6.45) is 5.40. The molecule has 198 valence electrons. The second kappa shape index (κ2) is 9.89. The molecule has 3 heterocycles. The van der Waals surface area contributed by atoms with E-state index in [0.29, 0.717) is 45.5 Å². The third-order valence-corrected chi connectivity index (χ3v) is 7.51. The minimum Gasteiger partial charge on any atom is -0.408 e. The predicted molar refractivity (Wildman–Crippen MR) is 145 cm³/mol. The Morgan fingerprint density at radius 2 is 1.97 bits per heavy atom. The highest BCUT2D eigenvalue weighted by Crippen LogP contribution is 2.43. The number of ether oxygens (including phenoxy) is 1. The summed E-state index contributed by atoms with van der Waals surface area (Å²) in [6.45, 7) is 1.89. The van der Waals surface area contributed by atoms with Gasteiger partial charge in [-0.05, 0) is 62.9 Å². The smallest absolute Gasteiger partial charge is 0.408 e. The third kappa shape index (κ3) is 4.49. The number of methoxy groups -OCH3 is 1. The molecule has 0 unspecified atom stereocenters. The van der Waals surface area contributed by atoms with Crippen molar-refractivity contribution in [3.05, 3.63) is 64.8 Å². The van der Waals surface area contributed by atoms with E-state index in [1.807, 2.05) is 6.92 Å². The van der Waals surface area contributed by atoms with Crippen molar-refractivity contribution in [2.45, 2.75) is 50.8 Å². The van der Waals surface area contributed by atoms with Crippen LogP contribution in [0.1, 0.15) is 38.2 Å². The lowest BCUT2D eigenvalue weighted by Crippen LogP contribution is -2.55. The van der Waals surface area contributed by atoms with Crippen LogP contribution in [-0.2, 0) is 9.53 Å². The Kier molecular flexibility index (Phi) is 6.24. The van der Waals surface area contributed by atoms with Crippen LogP contribution in [0.25, 0.3) is 11.1 Å². The third-order valence-electron chi connectivity index (χ3n) is 7.51. The highest BCUT2D eigenvalue weighted by molar-refractivity contribution is 6.10. The molecular formula is C28H27N7O4. The molecule has 2 N–H and O–H groups in total. The number of nitrogens with zero attached hydrogens (tertiary/aromatic N) is 5. The SMILES string of the molecule is COC1CCC(N2c3nc(Nc4ccc5[nH]c(=O)oc5c4)ncc3N(c3cccc(C#N)c3)C(=O)[C@H]2C)CC1. The summed E-state index contributed by atoms with van der Waals surface area (Å²) >= 11 is 0. The molecule has 2 aromatic heterocycles. The van der Waals surface area contributed by atoms with Crippen molar-refractivity contribution in [1.29, 1.82) is 5.26 Å². The number of nitrogens with one attached hydrogen (secondary N) is 2. The number of H-pyrrole nitrogens is 1. The number of carbonyl (C=O) groups is 1. The first kappa shape index (κ1) is 24.6. The van der Waals surface area contributed by atoms with E-state index in [2.05, 4.69) is 26.3 Å². The number of fused-ring (bicyclic) bond motifs is 2. The summed E-state index contributed by atoms with van der Waals surface area (Å²) in [5.41, 5.74) is 3.27. The zero-order chi connectivity index (χ0) is 27.1. The molecule has 2 aliphatic rings. The van der Waals surface area contributed by atoms with Gasteiger partial charge in [0.05, 0.1) is 35.1 Å². The van der Waals surface area contributed by atoms with Crippen molar-refractivity contribution < 1.29 is 13.9 Å². The lowest BCUT2D eigenvalue weighted by molar-refractivity contribution is -0.119. The van der Waals surface area contributed by atoms with Gasteiger partial charge in [0.15, 0.2) is 11.4 Å². The molecule has 1 aliphatic carbocycles. The molecule has 0 spiro atoms. The number of rotatable bonds is 5. The minimum atomic E-state index is -0.523. The van der Waals surface area contributed by atoms with E-state index in [4.69, 9.17) is 14.1 Å². The molecule has 6 rings (SSSR count). The van der Waals surface area contributed by atoms with Crippen LogP contribution in [-0.4, -0.2) is 46.2 Å². The monoisotopic (exact) mass is 525 g/mol. The number of nitriles is 1. The molecule has 11 nitrogen and oxygen atoms in total. The van der Waals surface area contributed by atoms with E-state index in [1.165, 1.54) is 0 Å². The molecule has 4 aromatic rings. The van der Waals surface area contributed by atoms with Gasteiger partial charge in [-0.1, -0.05) is 6.07 Å². The Bertz CT molecular complexity index is 1650. The number of benzene rings is 2. The van der Waals surface area contributed by atoms with Gasteiger partial charge in [-0.25, -0.2) is 9.78 Å². The maximum Gasteiger partial charge on any atom is 0.417 e. The summed E-state index contributed by atoms with van der Waals surface area (Å²) in [5.74, 6) is 0.347. The molecule has 0 bridgehead atoms. The van der Waals surface area contributed by atoms with E-state index in [0.717, 1.165) is 25.7 Å². The number of amides is 1. The van der Waals surface area contributed by atoms with Crippen LogP contribution in [0.15, 0.2) is 57.9 Å². The molecule has 2 aromatic carbocycles. The van der Waals surface area contributed by atoms with Gasteiger partial charge in [-0.3, -0.25) is 14.7 Å². The molecule has 1 aliphatic heterocycles. The summed E-state index contributed by atoms with van der Waals surface area (Å²) in [7, 11) is 1.74. The summed E-state index contributed by atoms with van der Waals surface area (Å²) in [5, 5.41) is 12.6. The zero-order valence-corrected chi connectivity index (χ0v) is 21.5. The van der Waals surface area contributed by atoms with Crippen molar-refractivity contribution in [1.82, 2.24) is 15.0 Å². The number of hydrogen-bond donors (Lipinski definition) is 2. The molecule has 0 saturated heterocycles. The van der Waals surface area contributed by atoms with Crippen LogP contribution >= 0.6 is 0 Å². The van der Waals surface area contributed by atoms with Gasteiger partial charge in [0, 0.05) is 24.9 Å². The average Bonchev–Trinajstić information content (AvgIpc) is 3.33. The van der Waals surface area contributed by atoms with Crippen molar-refractivity contribution in [3.8, 4) is 6.07 Å². The van der Waals surface area contributed by atoms with Crippen molar-refractivity contribution in [2.24, 2.45) is 0 Å². The van der Waals surface area contributed by atoms with Gasteiger partial charge in [-0.15, -0.1) is 0 Å². The first-order valence-corrected chi connectivity index (χ1v) is 12.9. The topological polar surface area (TPSA) is 140 Å². The molecule has 1 saturated carbocycles. The molecule has 1 amide bonds. The highest BCUT2D eigenvalue weighted by Gasteiger charge is 2.42. The summed E-state index contributed by atoms with van der Waals surface area (Å²) in [4.78, 5) is 41.2. The van der Waals surface area contributed by atoms with Crippen molar-refractivity contribution in [3.63, 3.8) is 0 Å². The van der Waals surface area contributed by atoms with Crippen LogP contribution in [0.5, 0.6) is 0 Å². The second-order valence-corrected chi connectivity index (χ2v) is 9.84. The van der Waals surface area contributed by atoms with Gasteiger partial charge in [0.2, 0.25) is 5.95 Å². The molecule has 1 atom stereocenters. The normalized spacial score (nSPS) is 21.1. The lowest BCUT2D eigenvalue weighted by Gasteiger charge is -2.46. The van der Waals surface area contributed by atoms with Crippen molar-refractivity contribution >= 4 is 45.8 Å². The maximum absolute atomic E-state index is 13.8. The number of aromatic nitrogens is 3. The van der Waals surface area contributed by atoms with Crippen LogP contribution in [0.4, 0.5) is 28.8 Å². The molecule has 39 heavy (non-hydrogen) atoms. The fraction of sp³-hybridized carbons (Fsp3) is 0.321. The van der Waals surface area contributed by atoms with Crippen molar-refractivity contribution in [2.75, 3.05) is 22.2 Å². The first-order chi connectivity index (χ1) is 18.9. The summed E-state index contributed by atoms with van der Waals surface area (Å²) < 4.78 is 10.8. The fourth-order valence-corrected chi connectivity index (χ4v) is 5.56. The molecule has 11 heteroatoms. The Labute approximate surface area is 224 Å². The number of aromatic amines is 1. The second-order valence-electron chi connectivity index (χ2n) is 9.84. The van der Waals surface area contributed by atoms with Crippen LogP contribution in [0.2, 0.25) is 0 Å². The number of oxazole rings is 1. The largest absolute Gasteiger partial charge is 0.417 e. The highest BCUT2D eigenvalue weighted by atomic mass is 16.5. The first-order valence-electron chi connectivity index (χ1n) is 12.9. The van der Waals surface area contributed by atoms with Gasteiger partial charge in [-0.2, -0.15) is 10.2 Å².